The molecule has 1 aromatic carbocycles. The number of aliphatic hydroxyl groups excluding tert-OH is 1. The maximum absolute atomic E-state index is 13.3. The van der Waals surface area contributed by atoms with Gasteiger partial charge < -0.3 is 19.8 Å². The van der Waals surface area contributed by atoms with E-state index in [9.17, 15) is 14.7 Å². The molecule has 0 saturated carbocycles. The third kappa shape index (κ3) is 3.73. The van der Waals surface area contributed by atoms with E-state index in [4.69, 9.17) is 0 Å². The Kier molecular flexibility index (Phi) is 5.87. The molecule has 0 unspecified atom stereocenters. The van der Waals surface area contributed by atoms with E-state index in [0.29, 0.717) is 18.7 Å². The van der Waals surface area contributed by atoms with Gasteiger partial charge in [-0.2, -0.15) is 0 Å². The van der Waals surface area contributed by atoms with E-state index in [1.165, 1.54) is 0 Å². The van der Waals surface area contributed by atoms with Crippen molar-refractivity contribution in [1.82, 2.24) is 9.80 Å². The van der Waals surface area contributed by atoms with E-state index in [-0.39, 0.29) is 35.8 Å². The summed E-state index contributed by atoms with van der Waals surface area (Å²) < 4.78 is 0. The molecule has 4 rings (SSSR count). The number of carbonyl (C=O) groups excluding carboxylic acids is 2. The van der Waals surface area contributed by atoms with Crippen LogP contribution >= 0.6 is 0 Å². The van der Waals surface area contributed by atoms with Crippen LogP contribution in [0.15, 0.2) is 36.4 Å². The maximum atomic E-state index is 13.3. The van der Waals surface area contributed by atoms with Crippen LogP contribution in [0.1, 0.15) is 42.5 Å². The third-order valence-electron chi connectivity index (χ3n) is 7.28. The van der Waals surface area contributed by atoms with E-state index < -0.39 is 0 Å². The summed E-state index contributed by atoms with van der Waals surface area (Å²) in [5, 5.41) is 10.3. The van der Waals surface area contributed by atoms with Crippen LogP contribution in [0.25, 0.3) is 0 Å². The van der Waals surface area contributed by atoms with Crippen LogP contribution in [0, 0.1) is 11.3 Å². The van der Waals surface area contributed by atoms with Gasteiger partial charge in [-0.3, -0.25) is 9.59 Å². The largest absolute Gasteiger partial charge is 0.396 e. The summed E-state index contributed by atoms with van der Waals surface area (Å²) in [6, 6.07) is 7.57. The second-order valence-electron chi connectivity index (χ2n) is 9.26. The minimum absolute atomic E-state index is 0.00532. The molecular formula is C24H33N3O3. The highest BCUT2D eigenvalue weighted by Gasteiger charge is 2.50. The molecule has 0 bridgehead atoms. The Morgan fingerprint density at radius 3 is 2.63 bits per heavy atom. The van der Waals surface area contributed by atoms with Crippen LogP contribution in [0.2, 0.25) is 0 Å². The lowest BCUT2D eigenvalue weighted by Crippen LogP contribution is -2.65. The second kappa shape index (κ2) is 8.42. The van der Waals surface area contributed by atoms with Crippen molar-refractivity contribution >= 4 is 17.5 Å². The molecule has 1 N–H and O–H groups in total. The highest BCUT2D eigenvalue weighted by molar-refractivity contribution is 5.95. The number of hydrogen-bond donors (Lipinski definition) is 1. The van der Waals surface area contributed by atoms with Gasteiger partial charge in [0.05, 0.1) is 12.6 Å². The number of rotatable bonds is 4. The van der Waals surface area contributed by atoms with E-state index >= 15 is 0 Å². The fourth-order valence-corrected chi connectivity index (χ4v) is 5.36. The highest BCUT2D eigenvalue weighted by Crippen LogP contribution is 2.43. The summed E-state index contributed by atoms with van der Waals surface area (Å²) >= 11 is 0. The Morgan fingerprint density at radius 1 is 1.17 bits per heavy atom. The topological polar surface area (TPSA) is 64.1 Å². The molecule has 2 amide bonds. The van der Waals surface area contributed by atoms with Gasteiger partial charge in [-0.15, -0.1) is 0 Å². The lowest BCUT2D eigenvalue weighted by atomic mass is 9.68. The molecule has 0 spiro atoms. The number of fused-ring (bicyclic) bond motifs is 1. The number of benzene rings is 1. The van der Waals surface area contributed by atoms with Crippen molar-refractivity contribution in [2.24, 2.45) is 11.3 Å². The number of carbonyl (C=O) groups is 2. The summed E-state index contributed by atoms with van der Waals surface area (Å²) in [5.74, 6) is 0.208. The standard InChI is InChI=1S/C24H33N3O3/c1-25(2)20-10-5-9-19(15-20)22(29)26-14-12-24(17-28)11-6-13-27(21(24)16-26)23(30)18-7-3-4-8-18/h3-5,9-10,15,18,21,28H,6-8,11-14,16-17H2,1-2H3/t21-,24-/m0/s1. The average Bonchev–Trinajstić information content (AvgIpc) is 3.32. The molecular weight excluding hydrogens is 378 g/mol. The molecule has 1 aliphatic carbocycles. The number of aliphatic hydroxyl groups is 1. The van der Waals surface area contributed by atoms with Crippen molar-refractivity contribution < 1.29 is 14.7 Å². The lowest BCUT2D eigenvalue weighted by Gasteiger charge is -2.54. The van der Waals surface area contributed by atoms with Crippen LogP contribution in [-0.2, 0) is 4.79 Å². The summed E-state index contributed by atoms with van der Waals surface area (Å²) in [4.78, 5) is 32.4. The lowest BCUT2D eigenvalue weighted by molar-refractivity contribution is -0.149. The van der Waals surface area contributed by atoms with E-state index in [1.54, 1.807) is 0 Å². The van der Waals surface area contributed by atoms with Crippen LogP contribution in [-0.4, -0.2) is 73.1 Å². The quantitative estimate of drug-likeness (QED) is 0.774. The predicted molar refractivity (Wildman–Crippen MR) is 117 cm³/mol. The number of nitrogens with zero attached hydrogens (tertiary/aromatic N) is 3. The highest BCUT2D eigenvalue weighted by atomic mass is 16.3. The SMILES string of the molecule is CN(C)c1cccc(C(=O)N2CC[C@]3(CO)CCCN(C(=O)C4CC=CC4)[C@H]3C2)c1. The van der Waals surface area contributed by atoms with Gasteiger partial charge >= 0.3 is 0 Å². The van der Waals surface area contributed by atoms with Crippen molar-refractivity contribution in [2.45, 2.75) is 38.1 Å². The van der Waals surface area contributed by atoms with Crippen molar-refractivity contribution in [3.63, 3.8) is 0 Å². The molecule has 162 valence electrons. The zero-order valence-corrected chi connectivity index (χ0v) is 18.1. The first-order chi connectivity index (χ1) is 14.4. The number of likely N-dealkylation sites (tertiary alicyclic amines) is 2. The summed E-state index contributed by atoms with van der Waals surface area (Å²) in [6.45, 7) is 1.91. The number of anilines is 1. The smallest absolute Gasteiger partial charge is 0.253 e. The zero-order chi connectivity index (χ0) is 21.3. The molecule has 2 fully saturated rings. The fraction of sp³-hybridized carbons (Fsp3) is 0.583. The molecule has 6 heteroatoms. The van der Waals surface area contributed by atoms with Crippen molar-refractivity contribution in [1.29, 1.82) is 0 Å². The first kappa shape index (κ1) is 20.9. The Morgan fingerprint density at radius 2 is 1.93 bits per heavy atom. The average molecular weight is 412 g/mol. The van der Waals surface area contributed by atoms with Crippen molar-refractivity contribution in [3.8, 4) is 0 Å². The first-order valence-corrected chi connectivity index (χ1v) is 11.1. The van der Waals surface area contributed by atoms with Gasteiger partial charge in [0, 0.05) is 56.3 Å². The molecule has 3 aliphatic rings. The minimum atomic E-state index is -0.289. The number of amides is 2. The molecule has 0 aromatic heterocycles. The monoisotopic (exact) mass is 411 g/mol. The van der Waals surface area contributed by atoms with E-state index in [2.05, 4.69) is 12.2 Å². The molecule has 0 radical (unpaired) electrons. The molecule has 2 aliphatic heterocycles. The van der Waals surface area contributed by atoms with Gasteiger partial charge in [0.1, 0.15) is 0 Å². The minimum Gasteiger partial charge on any atom is -0.396 e. The summed E-state index contributed by atoms with van der Waals surface area (Å²) in [5.41, 5.74) is 1.37. The second-order valence-corrected chi connectivity index (χ2v) is 9.26. The summed E-state index contributed by atoms with van der Waals surface area (Å²) in [7, 11) is 3.92. The van der Waals surface area contributed by atoms with Gasteiger partial charge in [0.15, 0.2) is 0 Å². The molecule has 2 saturated heterocycles. The van der Waals surface area contributed by atoms with E-state index in [0.717, 1.165) is 44.3 Å². The zero-order valence-electron chi connectivity index (χ0n) is 18.1. The van der Waals surface area contributed by atoms with Crippen LogP contribution in [0.4, 0.5) is 5.69 Å². The van der Waals surface area contributed by atoms with Crippen LogP contribution in [0.5, 0.6) is 0 Å². The molecule has 2 heterocycles. The van der Waals surface area contributed by atoms with Crippen molar-refractivity contribution in [2.75, 3.05) is 45.2 Å². The fourth-order valence-electron chi connectivity index (χ4n) is 5.36. The summed E-state index contributed by atoms with van der Waals surface area (Å²) in [6.07, 6.45) is 8.34. The predicted octanol–water partition coefficient (Wildman–Crippen LogP) is 2.53. The van der Waals surface area contributed by atoms with Crippen LogP contribution < -0.4 is 4.90 Å². The van der Waals surface area contributed by atoms with Crippen LogP contribution in [0.3, 0.4) is 0 Å². The maximum Gasteiger partial charge on any atom is 0.253 e. The van der Waals surface area contributed by atoms with E-state index in [1.807, 2.05) is 53.1 Å². The van der Waals surface area contributed by atoms with Crippen molar-refractivity contribution in [3.05, 3.63) is 42.0 Å². The number of hydrogen-bond acceptors (Lipinski definition) is 4. The number of allylic oxidation sites excluding steroid dienone is 2. The molecule has 30 heavy (non-hydrogen) atoms. The first-order valence-electron chi connectivity index (χ1n) is 11.1. The molecule has 2 atom stereocenters. The Bertz CT molecular complexity index is 829. The molecule has 6 nitrogen and oxygen atoms in total. The van der Waals surface area contributed by atoms with Gasteiger partial charge in [-0.1, -0.05) is 18.2 Å². The van der Waals surface area contributed by atoms with Gasteiger partial charge in [-0.25, -0.2) is 0 Å². The normalized spacial score (nSPS) is 26.6. The Balaban J connectivity index is 1.56. The Labute approximate surface area is 179 Å². The third-order valence-corrected chi connectivity index (χ3v) is 7.28. The number of piperidine rings is 2. The molecule has 1 aromatic rings. The van der Waals surface area contributed by atoms with Gasteiger partial charge in [-0.05, 0) is 50.3 Å². The Hall–Kier alpha value is -2.34. The van der Waals surface area contributed by atoms with Gasteiger partial charge in [0.25, 0.3) is 5.91 Å². The van der Waals surface area contributed by atoms with Gasteiger partial charge in [0.2, 0.25) is 5.91 Å².